The molecule has 0 radical (unpaired) electrons. The molecule has 1 nitrogen and oxygen atoms in total. The van der Waals surface area contributed by atoms with E-state index in [1.54, 1.807) is 13.2 Å². The zero-order valence-corrected chi connectivity index (χ0v) is 9.50. The Kier molecular flexibility index (Phi) is 3.57. The Morgan fingerprint density at radius 1 is 1.27 bits per heavy atom. The lowest BCUT2D eigenvalue weighted by Gasteiger charge is -2.18. The summed E-state index contributed by atoms with van der Waals surface area (Å²) in [6, 6.07) is 7.98. The van der Waals surface area contributed by atoms with Gasteiger partial charge in [0.2, 0.25) is 0 Å². The Morgan fingerprint density at radius 3 is 2.33 bits per heavy atom. The lowest BCUT2D eigenvalue weighted by molar-refractivity contribution is 0.414. The summed E-state index contributed by atoms with van der Waals surface area (Å²) in [5.74, 6) is 6.92. The molecule has 0 atom stereocenters. The molecule has 15 heavy (non-hydrogen) atoms. The highest BCUT2D eigenvalue weighted by molar-refractivity contribution is 5.38. The molecular weight excluding hydrogens is 184 g/mol. The molecule has 0 fully saturated rings. The van der Waals surface area contributed by atoms with E-state index in [4.69, 9.17) is 4.74 Å². The van der Waals surface area contributed by atoms with Crippen LogP contribution in [0.2, 0.25) is 0 Å². The van der Waals surface area contributed by atoms with E-state index < -0.39 is 0 Å². The van der Waals surface area contributed by atoms with E-state index >= 15 is 0 Å². The van der Waals surface area contributed by atoms with Gasteiger partial charge < -0.3 is 4.74 Å². The second-order valence-electron chi connectivity index (χ2n) is 3.83. The fourth-order valence-corrected chi connectivity index (χ4v) is 1.31. The fraction of sp³-hybridized carbons (Fsp3) is 0.286. The summed E-state index contributed by atoms with van der Waals surface area (Å²) in [7, 11) is 1.66. The Morgan fingerprint density at radius 2 is 1.87 bits per heavy atom. The van der Waals surface area contributed by atoms with Crippen molar-refractivity contribution in [1.29, 1.82) is 0 Å². The van der Waals surface area contributed by atoms with E-state index in [-0.39, 0.29) is 5.41 Å². The smallest absolute Gasteiger partial charge is 0.118 e. The molecule has 0 spiro atoms. The number of rotatable bonds is 2. The summed E-state index contributed by atoms with van der Waals surface area (Å²) in [5, 5.41) is 0. The SMILES string of the molecule is C=CC#CC(C)(C)c1ccc(OC)cc1. The van der Waals surface area contributed by atoms with E-state index in [0.29, 0.717) is 0 Å². The lowest BCUT2D eigenvalue weighted by Crippen LogP contribution is -2.13. The minimum Gasteiger partial charge on any atom is -0.497 e. The molecule has 0 aliphatic rings. The summed E-state index contributed by atoms with van der Waals surface area (Å²) in [5.41, 5.74) is 1.03. The van der Waals surface area contributed by atoms with Crippen molar-refractivity contribution >= 4 is 0 Å². The molecule has 0 amide bonds. The topological polar surface area (TPSA) is 9.23 Å². The van der Waals surface area contributed by atoms with E-state index in [0.717, 1.165) is 5.75 Å². The minimum atomic E-state index is -0.152. The molecule has 0 N–H and O–H groups in total. The first-order valence-electron chi connectivity index (χ1n) is 4.88. The van der Waals surface area contributed by atoms with Gasteiger partial charge in [-0.3, -0.25) is 0 Å². The molecule has 1 aromatic rings. The third-order valence-corrected chi connectivity index (χ3v) is 2.30. The van der Waals surface area contributed by atoms with Gasteiger partial charge in [0, 0.05) is 0 Å². The van der Waals surface area contributed by atoms with E-state index in [1.807, 2.05) is 24.3 Å². The van der Waals surface area contributed by atoms with Crippen molar-refractivity contribution in [2.24, 2.45) is 0 Å². The van der Waals surface area contributed by atoms with Gasteiger partial charge in [0.25, 0.3) is 0 Å². The zero-order valence-electron chi connectivity index (χ0n) is 9.50. The average molecular weight is 200 g/mol. The van der Waals surface area contributed by atoms with Crippen LogP contribution in [0.25, 0.3) is 0 Å². The molecule has 0 aliphatic carbocycles. The monoisotopic (exact) mass is 200 g/mol. The van der Waals surface area contributed by atoms with Crippen molar-refractivity contribution in [2.45, 2.75) is 19.3 Å². The Hall–Kier alpha value is -1.68. The van der Waals surface area contributed by atoms with Gasteiger partial charge in [-0.2, -0.15) is 0 Å². The van der Waals surface area contributed by atoms with Crippen molar-refractivity contribution in [3.05, 3.63) is 42.5 Å². The van der Waals surface area contributed by atoms with Crippen LogP contribution in [0, 0.1) is 11.8 Å². The highest BCUT2D eigenvalue weighted by Gasteiger charge is 2.16. The largest absolute Gasteiger partial charge is 0.497 e. The van der Waals surface area contributed by atoms with Crippen LogP contribution in [-0.2, 0) is 5.41 Å². The highest BCUT2D eigenvalue weighted by atomic mass is 16.5. The number of benzene rings is 1. The van der Waals surface area contributed by atoms with Gasteiger partial charge in [-0.15, -0.1) is 0 Å². The molecule has 0 saturated carbocycles. The summed E-state index contributed by atoms with van der Waals surface area (Å²) in [6.07, 6.45) is 1.62. The van der Waals surface area contributed by atoms with Gasteiger partial charge in [-0.25, -0.2) is 0 Å². The molecule has 1 aromatic carbocycles. The van der Waals surface area contributed by atoms with Crippen LogP contribution < -0.4 is 4.74 Å². The first-order chi connectivity index (χ1) is 7.10. The Bertz CT molecular complexity index is 388. The molecule has 0 aromatic heterocycles. The van der Waals surface area contributed by atoms with Crippen LogP contribution in [0.5, 0.6) is 5.75 Å². The van der Waals surface area contributed by atoms with Crippen molar-refractivity contribution in [2.75, 3.05) is 7.11 Å². The van der Waals surface area contributed by atoms with Gasteiger partial charge in [0.15, 0.2) is 0 Å². The standard InChI is InChI=1S/C14H16O/c1-5-6-11-14(2,3)12-7-9-13(15-4)10-8-12/h5,7-10H,1H2,2-4H3. The van der Waals surface area contributed by atoms with Crippen LogP contribution in [0.4, 0.5) is 0 Å². The van der Waals surface area contributed by atoms with Gasteiger partial charge in [0.1, 0.15) is 5.75 Å². The molecule has 78 valence electrons. The highest BCUT2D eigenvalue weighted by Crippen LogP contribution is 2.24. The minimum absolute atomic E-state index is 0.152. The van der Waals surface area contributed by atoms with Crippen LogP contribution in [0.1, 0.15) is 19.4 Å². The third kappa shape index (κ3) is 2.89. The molecule has 0 bridgehead atoms. The summed E-state index contributed by atoms with van der Waals surface area (Å²) in [6.45, 7) is 7.77. The van der Waals surface area contributed by atoms with Gasteiger partial charge >= 0.3 is 0 Å². The predicted molar refractivity (Wildman–Crippen MR) is 64.0 cm³/mol. The molecule has 1 rings (SSSR count). The van der Waals surface area contributed by atoms with Crippen molar-refractivity contribution in [3.63, 3.8) is 0 Å². The number of ether oxygens (including phenoxy) is 1. The summed E-state index contributed by atoms with van der Waals surface area (Å²) < 4.78 is 5.11. The molecular formula is C14H16O. The Balaban J connectivity index is 2.99. The number of hydrogen-bond donors (Lipinski definition) is 0. The molecule has 0 aliphatic heterocycles. The predicted octanol–water partition coefficient (Wildman–Crippen LogP) is 3.16. The van der Waals surface area contributed by atoms with Gasteiger partial charge in [-0.05, 0) is 37.6 Å². The maximum atomic E-state index is 5.11. The van der Waals surface area contributed by atoms with Crippen LogP contribution >= 0.6 is 0 Å². The van der Waals surface area contributed by atoms with Gasteiger partial charge in [0.05, 0.1) is 12.5 Å². The third-order valence-electron chi connectivity index (χ3n) is 2.30. The quantitative estimate of drug-likeness (QED) is 0.666. The van der Waals surface area contributed by atoms with E-state index in [2.05, 4.69) is 32.3 Å². The van der Waals surface area contributed by atoms with E-state index in [1.165, 1.54) is 5.56 Å². The first kappa shape index (κ1) is 11.4. The number of methoxy groups -OCH3 is 1. The number of allylic oxidation sites excluding steroid dienone is 1. The molecule has 1 heteroatoms. The molecule has 0 saturated heterocycles. The summed E-state index contributed by atoms with van der Waals surface area (Å²) >= 11 is 0. The first-order valence-corrected chi connectivity index (χ1v) is 4.88. The maximum absolute atomic E-state index is 5.11. The molecule has 0 unspecified atom stereocenters. The average Bonchev–Trinajstić information content (AvgIpc) is 2.26. The molecule has 0 heterocycles. The van der Waals surface area contributed by atoms with E-state index in [9.17, 15) is 0 Å². The number of hydrogen-bond acceptors (Lipinski definition) is 1. The normalized spacial score (nSPS) is 10.1. The van der Waals surface area contributed by atoms with Gasteiger partial charge in [-0.1, -0.05) is 30.6 Å². The maximum Gasteiger partial charge on any atom is 0.118 e. The zero-order chi connectivity index (χ0) is 11.3. The fourth-order valence-electron chi connectivity index (χ4n) is 1.31. The van der Waals surface area contributed by atoms with Crippen LogP contribution in [0.15, 0.2) is 36.9 Å². The van der Waals surface area contributed by atoms with Crippen molar-refractivity contribution in [1.82, 2.24) is 0 Å². The second kappa shape index (κ2) is 4.70. The summed E-state index contributed by atoms with van der Waals surface area (Å²) in [4.78, 5) is 0. The van der Waals surface area contributed by atoms with Crippen molar-refractivity contribution in [3.8, 4) is 17.6 Å². The van der Waals surface area contributed by atoms with Crippen LogP contribution in [0.3, 0.4) is 0 Å². The van der Waals surface area contributed by atoms with Crippen LogP contribution in [-0.4, -0.2) is 7.11 Å². The second-order valence-corrected chi connectivity index (χ2v) is 3.83. The van der Waals surface area contributed by atoms with Crippen molar-refractivity contribution < 1.29 is 4.74 Å². The Labute approximate surface area is 91.8 Å². The lowest BCUT2D eigenvalue weighted by atomic mass is 9.85.